The van der Waals surface area contributed by atoms with E-state index in [0.29, 0.717) is 24.7 Å². The van der Waals surface area contributed by atoms with Crippen LogP contribution >= 0.6 is 11.8 Å². The molecule has 1 aromatic heterocycles. The van der Waals surface area contributed by atoms with E-state index < -0.39 is 0 Å². The predicted octanol–water partition coefficient (Wildman–Crippen LogP) is 2.25. The van der Waals surface area contributed by atoms with Crippen LogP contribution in [-0.2, 0) is 4.74 Å². The molecule has 112 valence electrons. The average molecular weight is 313 g/mol. The van der Waals surface area contributed by atoms with Crippen molar-refractivity contribution >= 4 is 23.5 Å². The molecule has 0 atom stereocenters. The number of ether oxygens (including phenoxy) is 1. The van der Waals surface area contributed by atoms with Gasteiger partial charge in [0, 0.05) is 24.2 Å². The van der Waals surface area contributed by atoms with Gasteiger partial charge in [-0.3, -0.25) is 4.79 Å². The number of carbonyl (C=O) groups excluding carboxylic acids is 1. The first kappa shape index (κ1) is 13.7. The summed E-state index contributed by atoms with van der Waals surface area (Å²) in [6.45, 7) is 2.93. The summed E-state index contributed by atoms with van der Waals surface area (Å²) in [4.78, 5) is 24.1. The minimum atomic E-state index is 0.0310. The summed E-state index contributed by atoms with van der Waals surface area (Å²) in [6.07, 6.45) is 1.95. The Bertz CT molecular complexity index is 757. The summed E-state index contributed by atoms with van der Waals surface area (Å²) < 4.78 is 5.39. The van der Waals surface area contributed by atoms with Crippen LogP contribution in [0.2, 0.25) is 0 Å². The molecule has 2 aliphatic rings. The number of hydrogen-bond donors (Lipinski definition) is 0. The molecule has 1 fully saturated rings. The van der Waals surface area contributed by atoms with Crippen molar-refractivity contribution in [3.8, 4) is 11.3 Å². The van der Waals surface area contributed by atoms with Gasteiger partial charge in [-0.05, 0) is 6.26 Å². The van der Waals surface area contributed by atoms with Gasteiger partial charge in [0.15, 0.2) is 5.78 Å². The van der Waals surface area contributed by atoms with Crippen molar-refractivity contribution in [3.63, 3.8) is 0 Å². The maximum absolute atomic E-state index is 12.6. The summed E-state index contributed by atoms with van der Waals surface area (Å²) in [5, 5.41) is 0.757. The molecule has 0 N–H and O–H groups in total. The third-order valence-corrected chi connectivity index (χ3v) is 4.69. The molecule has 0 unspecified atom stereocenters. The zero-order valence-corrected chi connectivity index (χ0v) is 13.0. The Morgan fingerprint density at radius 1 is 1.14 bits per heavy atom. The zero-order chi connectivity index (χ0) is 15.1. The van der Waals surface area contributed by atoms with Crippen molar-refractivity contribution in [1.82, 2.24) is 9.97 Å². The zero-order valence-electron chi connectivity index (χ0n) is 12.2. The molecule has 22 heavy (non-hydrogen) atoms. The SMILES string of the molecule is CSc1nc(N2CCOCC2)nc2c1C(=O)c1ccccc1-2. The first-order valence-corrected chi connectivity index (χ1v) is 8.45. The highest BCUT2D eigenvalue weighted by Gasteiger charge is 2.32. The quantitative estimate of drug-likeness (QED) is 0.534. The van der Waals surface area contributed by atoms with E-state index in [4.69, 9.17) is 9.72 Å². The number of aromatic nitrogens is 2. The number of fused-ring (bicyclic) bond motifs is 3. The number of hydrogen-bond acceptors (Lipinski definition) is 6. The van der Waals surface area contributed by atoms with Crippen molar-refractivity contribution in [2.75, 3.05) is 37.5 Å². The molecule has 0 spiro atoms. The number of nitrogens with zero attached hydrogens (tertiary/aromatic N) is 3. The lowest BCUT2D eigenvalue weighted by atomic mass is 10.1. The first-order valence-electron chi connectivity index (χ1n) is 7.22. The number of ketones is 1. The largest absolute Gasteiger partial charge is 0.378 e. The molecular weight excluding hydrogens is 298 g/mol. The Morgan fingerprint density at radius 3 is 2.59 bits per heavy atom. The van der Waals surface area contributed by atoms with Crippen LogP contribution in [0.25, 0.3) is 11.3 Å². The second-order valence-electron chi connectivity index (χ2n) is 5.23. The number of rotatable bonds is 2. The lowest BCUT2D eigenvalue weighted by molar-refractivity contribution is 0.104. The standard InChI is InChI=1S/C16H15N3O2S/c1-22-15-12-13(10-4-2-3-5-11(10)14(12)20)17-16(18-15)19-6-8-21-9-7-19/h2-5H,6-9H2,1H3. The first-order chi connectivity index (χ1) is 10.8. The molecule has 0 amide bonds. The van der Waals surface area contributed by atoms with Gasteiger partial charge in [-0.25, -0.2) is 9.97 Å². The minimum Gasteiger partial charge on any atom is -0.378 e. The van der Waals surface area contributed by atoms with Gasteiger partial charge in [-0.1, -0.05) is 24.3 Å². The molecule has 1 aromatic carbocycles. The molecule has 6 heteroatoms. The third-order valence-electron chi connectivity index (χ3n) is 4.01. The second-order valence-corrected chi connectivity index (χ2v) is 6.03. The summed E-state index contributed by atoms with van der Waals surface area (Å²) >= 11 is 1.50. The Kier molecular flexibility index (Phi) is 3.35. The van der Waals surface area contributed by atoms with Crippen molar-refractivity contribution in [2.24, 2.45) is 0 Å². The topological polar surface area (TPSA) is 55.3 Å². The van der Waals surface area contributed by atoms with Crippen LogP contribution in [0.3, 0.4) is 0 Å². The van der Waals surface area contributed by atoms with Gasteiger partial charge in [-0.15, -0.1) is 11.8 Å². The monoisotopic (exact) mass is 313 g/mol. The molecule has 5 nitrogen and oxygen atoms in total. The van der Waals surface area contributed by atoms with Gasteiger partial charge in [-0.2, -0.15) is 0 Å². The van der Waals surface area contributed by atoms with Gasteiger partial charge in [0.05, 0.1) is 24.5 Å². The van der Waals surface area contributed by atoms with Crippen LogP contribution in [0, 0.1) is 0 Å². The van der Waals surface area contributed by atoms with Gasteiger partial charge in [0.1, 0.15) is 5.03 Å². The van der Waals surface area contributed by atoms with Gasteiger partial charge in [0.2, 0.25) is 5.95 Å². The maximum Gasteiger partial charge on any atom is 0.227 e. The van der Waals surface area contributed by atoms with Crippen LogP contribution in [-0.4, -0.2) is 48.3 Å². The van der Waals surface area contributed by atoms with Gasteiger partial charge < -0.3 is 9.64 Å². The maximum atomic E-state index is 12.6. The van der Waals surface area contributed by atoms with Crippen molar-refractivity contribution < 1.29 is 9.53 Å². The van der Waals surface area contributed by atoms with Gasteiger partial charge in [0.25, 0.3) is 0 Å². The molecule has 2 aromatic rings. The van der Waals surface area contributed by atoms with Gasteiger partial charge >= 0.3 is 0 Å². The number of benzene rings is 1. The Morgan fingerprint density at radius 2 is 1.86 bits per heavy atom. The fourth-order valence-electron chi connectivity index (χ4n) is 2.90. The summed E-state index contributed by atoms with van der Waals surface area (Å²) in [6, 6.07) is 7.64. The highest BCUT2D eigenvalue weighted by molar-refractivity contribution is 7.98. The number of morpholine rings is 1. The normalized spacial score (nSPS) is 16.6. The van der Waals surface area contributed by atoms with E-state index in [9.17, 15) is 4.79 Å². The van der Waals surface area contributed by atoms with E-state index in [1.165, 1.54) is 11.8 Å². The van der Waals surface area contributed by atoms with Crippen LogP contribution in [0.1, 0.15) is 15.9 Å². The fourth-order valence-corrected chi connectivity index (χ4v) is 3.47. The molecule has 4 rings (SSSR count). The highest BCUT2D eigenvalue weighted by Crippen LogP contribution is 2.39. The lowest BCUT2D eigenvalue weighted by Crippen LogP contribution is -2.37. The van der Waals surface area contributed by atoms with E-state index in [2.05, 4.69) is 9.88 Å². The number of anilines is 1. The van der Waals surface area contributed by atoms with Crippen molar-refractivity contribution in [3.05, 3.63) is 35.4 Å². The van der Waals surface area contributed by atoms with E-state index in [-0.39, 0.29) is 5.78 Å². The van der Waals surface area contributed by atoms with Crippen LogP contribution in [0.4, 0.5) is 5.95 Å². The molecule has 0 bridgehead atoms. The van der Waals surface area contributed by atoms with E-state index in [1.54, 1.807) is 0 Å². The van der Waals surface area contributed by atoms with Crippen molar-refractivity contribution in [1.29, 1.82) is 0 Å². The Hall–Kier alpha value is -1.92. The fraction of sp³-hybridized carbons (Fsp3) is 0.312. The third kappa shape index (κ3) is 2.02. The summed E-state index contributed by atoms with van der Waals surface area (Å²) in [7, 11) is 0. The molecule has 1 aliphatic carbocycles. The average Bonchev–Trinajstić information content (AvgIpc) is 2.88. The smallest absolute Gasteiger partial charge is 0.227 e. The number of thioether (sulfide) groups is 1. The van der Waals surface area contributed by atoms with Crippen LogP contribution in [0.15, 0.2) is 29.3 Å². The highest BCUT2D eigenvalue weighted by atomic mass is 32.2. The molecule has 1 aliphatic heterocycles. The molecule has 0 saturated carbocycles. The summed E-state index contributed by atoms with van der Waals surface area (Å²) in [5.74, 6) is 0.722. The van der Waals surface area contributed by atoms with Crippen LogP contribution in [0.5, 0.6) is 0 Å². The van der Waals surface area contributed by atoms with E-state index in [0.717, 1.165) is 34.9 Å². The van der Waals surface area contributed by atoms with Crippen LogP contribution < -0.4 is 4.90 Å². The molecule has 0 radical (unpaired) electrons. The predicted molar refractivity (Wildman–Crippen MR) is 85.7 cm³/mol. The number of carbonyl (C=O) groups is 1. The van der Waals surface area contributed by atoms with E-state index in [1.807, 2.05) is 30.5 Å². The Labute approximate surface area is 132 Å². The summed E-state index contributed by atoms with van der Waals surface area (Å²) in [5.41, 5.74) is 3.04. The second kappa shape index (κ2) is 5.37. The molecule has 1 saturated heterocycles. The molecule has 2 heterocycles. The Balaban J connectivity index is 1.88. The minimum absolute atomic E-state index is 0.0310. The van der Waals surface area contributed by atoms with E-state index >= 15 is 0 Å². The molecular formula is C16H15N3O2S. The van der Waals surface area contributed by atoms with Crippen molar-refractivity contribution in [2.45, 2.75) is 5.03 Å². The lowest BCUT2D eigenvalue weighted by Gasteiger charge is -2.27.